The van der Waals surface area contributed by atoms with Gasteiger partial charge in [0.05, 0.1) is 13.2 Å². The zero-order chi connectivity index (χ0) is 19.2. The fourth-order valence-electron chi connectivity index (χ4n) is 3.60. The molecule has 0 radical (unpaired) electrons. The van der Waals surface area contributed by atoms with Crippen molar-refractivity contribution in [3.63, 3.8) is 0 Å². The second kappa shape index (κ2) is 6.35. The largest absolute Gasteiger partial charge is 0.497 e. The van der Waals surface area contributed by atoms with Gasteiger partial charge in [-0.1, -0.05) is 11.6 Å². The molecular weight excluding hydrogens is 370 g/mol. The molecule has 3 N–H and O–H groups in total. The van der Waals surface area contributed by atoms with E-state index >= 15 is 0 Å². The normalized spacial score (nSPS) is 25.4. The number of hydrogen-bond acceptors (Lipinski definition) is 4. The molecule has 2 aliphatic heterocycles. The smallest absolute Gasteiger partial charge is 0.318 e. The van der Waals surface area contributed by atoms with E-state index in [1.54, 1.807) is 56.5 Å². The third-order valence-electron chi connectivity index (χ3n) is 4.84. The molecule has 2 aliphatic rings. The number of carbonyl (C=O) groups excluding carboxylic acids is 2. The second-order valence-corrected chi connectivity index (χ2v) is 7.10. The van der Waals surface area contributed by atoms with Crippen LogP contribution in [-0.2, 0) is 4.79 Å². The molecule has 7 nitrogen and oxygen atoms in total. The van der Waals surface area contributed by atoms with Crippen LogP contribution in [0, 0.1) is 5.92 Å². The summed E-state index contributed by atoms with van der Waals surface area (Å²) >= 11 is 5.90. The van der Waals surface area contributed by atoms with Gasteiger partial charge in [-0.3, -0.25) is 10.1 Å². The Labute approximate surface area is 161 Å². The Kier molecular flexibility index (Phi) is 4.11. The van der Waals surface area contributed by atoms with E-state index in [2.05, 4.69) is 16.0 Å². The number of carbonyl (C=O) groups is 2. The van der Waals surface area contributed by atoms with Crippen molar-refractivity contribution >= 4 is 29.2 Å². The van der Waals surface area contributed by atoms with Gasteiger partial charge in [-0.15, -0.1) is 0 Å². The Balaban J connectivity index is 1.71. The maximum absolute atomic E-state index is 13.1. The van der Waals surface area contributed by atoms with Gasteiger partial charge in [0, 0.05) is 16.3 Å². The quantitative estimate of drug-likeness (QED) is 0.755. The Morgan fingerprint density at radius 1 is 1.26 bits per heavy atom. The first-order chi connectivity index (χ1) is 12.9. The standard InChI is InChI=1S/C19H18ClN3O4/c1-19-15(17(24)21-11-5-3-10(20)4-6-11)16(22-18(25)23-19)13-9-12(26-2)7-8-14(13)27-19/h3-9,15-16H,1-2H3,(H,21,24)(H2,22,23,25). The summed E-state index contributed by atoms with van der Waals surface area (Å²) in [6.45, 7) is 1.69. The van der Waals surface area contributed by atoms with Crippen molar-refractivity contribution in [2.45, 2.75) is 18.7 Å². The van der Waals surface area contributed by atoms with Crippen LogP contribution < -0.4 is 25.4 Å². The molecule has 0 aromatic heterocycles. The first kappa shape index (κ1) is 17.5. The highest BCUT2D eigenvalue weighted by atomic mass is 35.5. The number of nitrogens with one attached hydrogen (secondary N) is 3. The number of ether oxygens (including phenoxy) is 2. The molecule has 3 amide bonds. The van der Waals surface area contributed by atoms with Crippen molar-refractivity contribution < 1.29 is 19.1 Å². The Hall–Kier alpha value is -2.93. The molecule has 2 aromatic rings. The van der Waals surface area contributed by atoms with Crippen LogP contribution in [0.5, 0.6) is 11.5 Å². The summed E-state index contributed by atoms with van der Waals surface area (Å²) in [5.41, 5.74) is 0.109. The van der Waals surface area contributed by atoms with Crippen molar-refractivity contribution in [2.24, 2.45) is 5.92 Å². The minimum Gasteiger partial charge on any atom is -0.497 e. The van der Waals surface area contributed by atoms with E-state index in [1.165, 1.54) is 0 Å². The summed E-state index contributed by atoms with van der Waals surface area (Å²) < 4.78 is 11.3. The van der Waals surface area contributed by atoms with Crippen LogP contribution >= 0.6 is 11.6 Å². The average Bonchev–Trinajstić information content (AvgIpc) is 2.62. The van der Waals surface area contributed by atoms with Crippen LogP contribution in [0.2, 0.25) is 5.02 Å². The molecule has 140 valence electrons. The van der Waals surface area contributed by atoms with Crippen LogP contribution in [0.4, 0.5) is 10.5 Å². The zero-order valence-corrected chi connectivity index (χ0v) is 15.5. The van der Waals surface area contributed by atoms with Crippen molar-refractivity contribution in [1.29, 1.82) is 0 Å². The van der Waals surface area contributed by atoms with Gasteiger partial charge < -0.3 is 20.1 Å². The lowest BCUT2D eigenvalue weighted by Crippen LogP contribution is -2.70. The van der Waals surface area contributed by atoms with Crippen molar-refractivity contribution in [3.05, 3.63) is 53.1 Å². The average molecular weight is 388 g/mol. The summed E-state index contributed by atoms with van der Waals surface area (Å²) in [7, 11) is 1.56. The first-order valence-electron chi connectivity index (χ1n) is 8.42. The molecular formula is C19H18ClN3O4. The van der Waals surface area contributed by atoms with E-state index in [0.717, 1.165) is 0 Å². The molecule has 4 rings (SSSR count). The number of rotatable bonds is 3. The third kappa shape index (κ3) is 3.04. The summed E-state index contributed by atoms with van der Waals surface area (Å²) in [4.78, 5) is 25.2. The molecule has 0 aliphatic carbocycles. The van der Waals surface area contributed by atoms with Crippen LogP contribution in [-0.4, -0.2) is 24.8 Å². The van der Waals surface area contributed by atoms with Crippen LogP contribution in [0.25, 0.3) is 0 Å². The Morgan fingerprint density at radius 2 is 2.00 bits per heavy atom. The maximum atomic E-state index is 13.1. The third-order valence-corrected chi connectivity index (χ3v) is 5.10. The number of hydrogen-bond donors (Lipinski definition) is 3. The fraction of sp³-hybridized carbons (Fsp3) is 0.263. The highest BCUT2D eigenvalue weighted by Gasteiger charge is 2.55. The molecule has 1 fully saturated rings. The first-order valence-corrected chi connectivity index (χ1v) is 8.79. The minimum absolute atomic E-state index is 0.286. The van der Waals surface area contributed by atoms with Crippen LogP contribution in [0.15, 0.2) is 42.5 Å². The monoisotopic (exact) mass is 387 g/mol. The minimum atomic E-state index is -1.19. The summed E-state index contributed by atoms with van der Waals surface area (Å²) in [6, 6.07) is 11.2. The van der Waals surface area contributed by atoms with Gasteiger partial charge >= 0.3 is 6.03 Å². The highest BCUT2D eigenvalue weighted by molar-refractivity contribution is 6.30. The van der Waals surface area contributed by atoms with Crippen molar-refractivity contribution in [2.75, 3.05) is 12.4 Å². The lowest BCUT2D eigenvalue weighted by molar-refractivity contribution is -0.133. The van der Waals surface area contributed by atoms with Gasteiger partial charge in [-0.05, 0) is 49.4 Å². The van der Waals surface area contributed by atoms with Gasteiger partial charge in [0.2, 0.25) is 5.91 Å². The SMILES string of the molecule is COc1ccc2c(c1)C1NC(=O)NC(C)(O2)C1C(=O)Nc1ccc(Cl)cc1. The van der Waals surface area contributed by atoms with Crippen molar-refractivity contribution in [1.82, 2.24) is 10.6 Å². The fourth-order valence-corrected chi connectivity index (χ4v) is 3.73. The van der Waals surface area contributed by atoms with Gasteiger partial charge in [0.1, 0.15) is 17.4 Å². The van der Waals surface area contributed by atoms with Crippen molar-refractivity contribution in [3.8, 4) is 11.5 Å². The molecule has 0 saturated carbocycles. The molecule has 1 saturated heterocycles. The topological polar surface area (TPSA) is 88.7 Å². The molecule has 2 bridgehead atoms. The molecule has 2 aromatic carbocycles. The zero-order valence-electron chi connectivity index (χ0n) is 14.7. The van der Waals surface area contributed by atoms with Gasteiger partial charge in [-0.2, -0.15) is 0 Å². The summed E-state index contributed by atoms with van der Waals surface area (Å²) in [5.74, 6) is 0.216. The highest BCUT2D eigenvalue weighted by Crippen LogP contribution is 2.46. The number of anilines is 1. The molecule has 0 spiro atoms. The van der Waals surface area contributed by atoms with E-state index in [1.807, 2.05) is 0 Å². The van der Waals surface area contributed by atoms with Crippen LogP contribution in [0.1, 0.15) is 18.5 Å². The number of urea groups is 1. The lowest BCUT2D eigenvalue weighted by atomic mass is 9.79. The number of amides is 3. The van der Waals surface area contributed by atoms with Gasteiger partial charge in [0.15, 0.2) is 5.72 Å². The maximum Gasteiger partial charge on any atom is 0.318 e. The lowest BCUT2D eigenvalue weighted by Gasteiger charge is -2.49. The molecule has 2 heterocycles. The van der Waals surface area contributed by atoms with E-state index in [4.69, 9.17) is 21.1 Å². The van der Waals surface area contributed by atoms with E-state index < -0.39 is 23.7 Å². The Bertz CT molecular complexity index is 918. The second-order valence-electron chi connectivity index (χ2n) is 6.66. The molecule has 3 unspecified atom stereocenters. The van der Waals surface area contributed by atoms with E-state index in [9.17, 15) is 9.59 Å². The predicted molar refractivity (Wildman–Crippen MR) is 100 cm³/mol. The van der Waals surface area contributed by atoms with E-state index in [-0.39, 0.29) is 5.91 Å². The van der Waals surface area contributed by atoms with Gasteiger partial charge in [-0.25, -0.2) is 4.79 Å². The number of methoxy groups -OCH3 is 1. The Morgan fingerprint density at radius 3 is 2.70 bits per heavy atom. The van der Waals surface area contributed by atoms with Crippen LogP contribution in [0.3, 0.4) is 0 Å². The summed E-state index contributed by atoms with van der Waals surface area (Å²) in [5, 5.41) is 9.02. The molecule has 27 heavy (non-hydrogen) atoms. The number of benzene rings is 2. The van der Waals surface area contributed by atoms with Gasteiger partial charge in [0.25, 0.3) is 0 Å². The van der Waals surface area contributed by atoms with E-state index in [0.29, 0.717) is 27.8 Å². The molecule has 3 atom stereocenters. The summed E-state index contributed by atoms with van der Waals surface area (Å²) in [6.07, 6.45) is 0. The molecule has 8 heteroatoms. The number of fused-ring (bicyclic) bond motifs is 4. The number of halogens is 1. The predicted octanol–water partition coefficient (Wildman–Crippen LogP) is 3.07.